The number of aryl methyl sites for hydroxylation is 1. The second-order valence-corrected chi connectivity index (χ2v) is 7.83. The van der Waals surface area contributed by atoms with Crippen LogP contribution in [0, 0.1) is 6.92 Å². The number of hydrogen-bond donors (Lipinski definition) is 2. The summed E-state index contributed by atoms with van der Waals surface area (Å²) in [7, 11) is 1.71. The van der Waals surface area contributed by atoms with Gasteiger partial charge in [0.05, 0.1) is 23.4 Å². The summed E-state index contributed by atoms with van der Waals surface area (Å²) < 4.78 is 11.0. The average Bonchev–Trinajstić information content (AvgIpc) is 2.73. The predicted molar refractivity (Wildman–Crippen MR) is 138 cm³/mol. The number of amides is 1. The third-order valence-electron chi connectivity index (χ3n) is 4.92. The van der Waals surface area contributed by atoms with Crippen molar-refractivity contribution in [2.24, 2.45) is 4.99 Å². The van der Waals surface area contributed by atoms with Gasteiger partial charge in [-0.25, -0.2) is 0 Å². The Labute approximate surface area is 208 Å². The molecular formula is C22H36ClIN4O3. The van der Waals surface area contributed by atoms with Gasteiger partial charge in [-0.2, -0.15) is 0 Å². The van der Waals surface area contributed by atoms with Crippen LogP contribution >= 0.6 is 35.6 Å². The van der Waals surface area contributed by atoms with Gasteiger partial charge in [-0.05, 0) is 50.8 Å². The summed E-state index contributed by atoms with van der Waals surface area (Å²) in [5.74, 6) is 0.764. The van der Waals surface area contributed by atoms with Gasteiger partial charge in [-0.1, -0.05) is 17.7 Å². The van der Waals surface area contributed by atoms with E-state index in [0.717, 1.165) is 63.6 Å². The molecule has 1 saturated heterocycles. The van der Waals surface area contributed by atoms with Crippen LogP contribution in [0.4, 0.5) is 5.69 Å². The molecule has 0 spiro atoms. The lowest BCUT2D eigenvalue weighted by Gasteiger charge is -2.34. The average molecular weight is 567 g/mol. The first-order chi connectivity index (χ1) is 14.5. The van der Waals surface area contributed by atoms with Crippen molar-refractivity contribution in [3.05, 3.63) is 28.8 Å². The largest absolute Gasteiger partial charge is 0.385 e. The van der Waals surface area contributed by atoms with Crippen molar-refractivity contribution in [1.82, 2.24) is 10.2 Å². The first kappa shape index (κ1) is 27.9. The Bertz CT molecular complexity index is 697. The molecule has 0 bridgehead atoms. The molecular weight excluding hydrogens is 531 g/mol. The Morgan fingerprint density at radius 3 is 2.68 bits per heavy atom. The molecule has 0 saturated carbocycles. The van der Waals surface area contributed by atoms with E-state index in [-0.39, 0.29) is 29.9 Å². The highest BCUT2D eigenvalue weighted by atomic mass is 127. The minimum absolute atomic E-state index is 0. The summed E-state index contributed by atoms with van der Waals surface area (Å²) >= 11 is 6.18. The summed E-state index contributed by atoms with van der Waals surface area (Å²) in [6.07, 6.45) is 3.48. The van der Waals surface area contributed by atoms with E-state index in [2.05, 4.69) is 20.5 Å². The van der Waals surface area contributed by atoms with Crippen LogP contribution in [0.5, 0.6) is 0 Å². The quantitative estimate of drug-likeness (QED) is 0.193. The molecule has 31 heavy (non-hydrogen) atoms. The van der Waals surface area contributed by atoms with Crippen LogP contribution < -0.4 is 10.6 Å². The van der Waals surface area contributed by atoms with Gasteiger partial charge in [0, 0.05) is 46.4 Å². The van der Waals surface area contributed by atoms with E-state index in [1.807, 2.05) is 32.0 Å². The lowest BCUT2D eigenvalue weighted by molar-refractivity contribution is -0.116. The number of nitrogens with one attached hydrogen (secondary N) is 2. The van der Waals surface area contributed by atoms with Gasteiger partial charge in [-0.15, -0.1) is 24.0 Å². The van der Waals surface area contributed by atoms with Gasteiger partial charge in [0.1, 0.15) is 0 Å². The van der Waals surface area contributed by atoms with E-state index in [4.69, 9.17) is 21.1 Å². The van der Waals surface area contributed by atoms with Crippen molar-refractivity contribution in [2.75, 3.05) is 51.8 Å². The number of anilines is 1. The zero-order chi connectivity index (χ0) is 21.8. The summed E-state index contributed by atoms with van der Waals surface area (Å²) in [5.41, 5.74) is 1.69. The summed E-state index contributed by atoms with van der Waals surface area (Å²) in [6.45, 7) is 8.49. The fraction of sp³-hybridized carbons (Fsp3) is 0.636. The maximum absolute atomic E-state index is 12.3. The Morgan fingerprint density at radius 2 is 2.03 bits per heavy atom. The number of carbonyl (C=O) groups is 1. The van der Waals surface area contributed by atoms with Crippen molar-refractivity contribution in [1.29, 1.82) is 0 Å². The molecule has 1 heterocycles. The minimum atomic E-state index is -0.0940. The predicted octanol–water partition coefficient (Wildman–Crippen LogP) is 4.08. The van der Waals surface area contributed by atoms with Crippen molar-refractivity contribution in [2.45, 2.75) is 45.6 Å². The normalized spacial score (nSPS) is 14.8. The van der Waals surface area contributed by atoms with E-state index >= 15 is 0 Å². The van der Waals surface area contributed by atoms with E-state index in [9.17, 15) is 4.79 Å². The lowest BCUT2D eigenvalue weighted by Crippen LogP contribution is -2.47. The number of benzene rings is 1. The van der Waals surface area contributed by atoms with Crippen LogP contribution in [-0.4, -0.2) is 69.4 Å². The lowest BCUT2D eigenvalue weighted by atomic mass is 10.1. The highest BCUT2D eigenvalue weighted by molar-refractivity contribution is 14.0. The van der Waals surface area contributed by atoms with E-state index < -0.39 is 0 Å². The van der Waals surface area contributed by atoms with Crippen molar-refractivity contribution >= 4 is 53.1 Å². The number of likely N-dealkylation sites (tertiary alicyclic amines) is 1. The molecule has 1 fully saturated rings. The second-order valence-electron chi connectivity index (χ2n) is 7.42. The molecule has 1 amide bonds. The van der Waals surface area contributed by atoms with Gasteiger partial charge in [-0.3, -0.25) is 9.79 Å². The molecule has 0 aliphatic carbocycles. The zero-order valence-corrected chi connectivity index (χ0v) is 21.9. The highest BCUT2D eigenvalue weighted by Crippen LogP contribution is 2.22. The Morgan fingerprint density at radius 1 is 1.29 bits per heavy atom. The Balaban J connectivity index is 0.00000480. The highest BCUT2D eigenvalue weighted by Gasteiger charge is 2.21. The van der Waals surface area contributed by atoms with Gasteiger partial charge in [0.2, 0.25) is 5.91 Å². The molecule has 9 heteroatoms. The van der Waals surface area contributed by atoms with Crippen molar-refractivity contribution < 1.29 is 14.3 Å². The fourth-order valence-electron chi connectivity index (χ4n) is 3.31. The van der Waals surface area contributed by atoms with Gasteiger partial charge >= 0.3 is 0 Å². The summed E-state index contributed by atoms with van der Waals surface area (Å²) in [4.78, 5) is 19.1. The Kier molecular flexibility index (Phi) is 14.1. The number of hydrogen-bond acceptors (Lipinski definition) is 4. The second kappa shape index (κ2) is 15.7. The van der Waals surface area contributed by atoms with Crippen molar-refractivity contribution in [3.63, 3.8) is 0 Å². The summed E-state index contributed by atoms with van der Waals surface area (Å²) in [6, 6.07) is 5.59. The van der Waals surface area contributed by atoms with E-state index in [1.54, 1.807) is 7.11 Å². The number of nitrogens with zero attached hydrogens (tertiary/aromatic N) is 2. The third kappa shape index (κ3) is 10.4. The third-order valence-corrected chi connectivity index (χ3v) is 5.23. The maximum Gasteiger partial charge on any atom is 0.226 e. The molecule has 2 N–H and O–H groups in total. The molecule has 0 atom stereocenters. The first-order valence-electron chi connectivity index (χ1n) is 10.7. The number of guanidine groups is 1. The van der Waals surface area contributed by atoms with Gasteiger partial charge in [0.25, 0.3) is 0 Å². The first-order valence-corrected chi connectivity index (χ1v) is 11.1. The number of carbonyl (C=O) groups excluding carboxylic acids is 1. The number of halogens is 2. The number of aliphatic imine (C=N–C) groups is 1. The number of methoxy groups -OCH3 is 1. The van der Waals surface area contributed by atoms with Gasteiger partial charge in [0.15, 0.2) is 5.96 Å². The topological polar surface area (TPSA) is 75.2 Å². The monoisotopic (exact) mass is 566 g/mol. The molecule has 1 aliphatic rings. The van der Waals surface area contributed by atoms with E-state index in [0.29, 0.717) is 29.8 Å². The molecule has 7 nitrogen and oxygen atoms in total. The number of ether oxygens (including phenoxy) is 2. The van der Waals surface area contributed by atoms with Crippen LogP contribution in [0.15, 0.2) is 23.2 Å². The minimum Gasteiger partial charge on any atom is -0.385 e. The SMILES string of the molecule is CCNC(=NCCC(=O)Nc1ccc(C)cc1Cl)N1CCC(OCCCOC)CC1.I. The van der Waals surface area contributed by atoms with E-state index in [1.165, 1.54) is 0 Å². The molecule has 1 aromatic carbocycles. The molecule has 2 rings (SSSR count). The number of piperidine rings is 1. The number of rotatable bonds is 10. The molecule has 0 unspecified atom stereocenters. The van der Waals surface area contributed by atoms with Crippen LogP contribution in [0.1, 0.15) is 38.2 Å². The molecule has 0 aromatic heterocycles. The Hall–Kier alpha value is -1.10. The molecule has 1 aromatic rings. The van der Waals surface area contributed by atoms with Crippen LogP contribution in [-0.2, 0) is 14.3 Å². The molecule has 176 valence electrons. The van der Waals surface area contributed by atoms with Crippen LogP contribution in [0.2, 0.25) is 5.02 Å². The zero-order valence-electron chi connectivity index (χ0n) is 18.8. The molecule has 1 aliphatic heterocycles. The summed E-state index contributed by atoms with van der Waals surface area (Å²) in [5, 5.41) is 6.74. The maximum atomic E-state index is 12.3. The van der Waals surface area contributed by atoms with Crippen LogP contribution in [0.3, 0.4) is 0 Å². The van der Waals surface area contributed by atoms with Crippen LogP contribution in [0.25, 0.3) is 0 Å². The standard InChI is InChI=1S/C22H35ClN4O3.HI/c1-4-24-22(27-12-9-18(10-13-27)30-15-5-14-29-3)25-11-8-21(28)26-20-7-6-17(2)16-19(20)23;/h6-7,16,18H,4-5,8-15H2,1-3H3,(H,24,25)(H,26,28);1H. The smallest absolute Gasteiger partial charge is 0.226 e. The molecule has 0 radical (unpaired) electrons. The van der Waals surface area contributed by atoms with Gasteiger partial charge < -0.3 is 25.0 Å². The van der Waals surface area contributed by atoms with Crippen molar-refractivity contribution in [3.8, 4) is 0 Å². The fourth-order valence-corrected chi connectivity index (χ4v) is 3.59.